The highest BCUT2D eigenvalue weighted by molar-refractivity contribution is 6.00. The van der Waals surface area contributed by atoms with E-state index in [0.29, 0.717) is 18.8 Å². The van der Waals surface area contributed by atoms with Gasteiger partial charge in [0.1, 0.15) is 18.2 Å². The first-order chi connectivity index (χ1) is 7.29. The number of aliphatic imine (C=N–C) groups is 1. The Hall–Kier alpha value is -1.97. The van der Waals surface area contributed by atoms with Crippen molar-refractivity contribution < 1.29 is 4.74 Å². The van der Waals surface area contributed by atoms with Gasteiger partial charge in [0.15, 0.2) is 0 Å². The number of ether oxygens (including phenoxy) is 1. The molecule has 0 radical (unpaired) electrons. The molecular weight excluding hydrogens is 190 g/mol. The van der Waals surface area contributed by atoms with Gasteiger partial charge < -0.3 is 15.8 Å². The summed E-state index contributed by atoms with van der Waals surface area (Å²) in [5.74, 6) is 1.61. The summed E-state index contributed by atoms with van der Waals surface area (Å²) in [6, 6.07) is 5.49. The topological polar surface area (TPSA) is 59.6 Å². The van der Waals surface area contributed by atoms with E-state index < -0.39 is 0 Å². The molecule has 0 saturated carbocycles. The number of anilines is 2. The van der Waals surface area contributed by atoms with Crippen LogP contribution < -0.4 is 15.8 Å². The van der Waals surface area contributed by atoms with Gasteiger partial charge in [0.05, 0.1) is 12.2 Å². The average molecular weight is 203 g/mol. The zero-order valence-electron chi connectivity index (χ0n) is 8.36. The summed E-state index contributed by atoms with van der Waals surface area (Å²) >= 11 is 0. The molecular formula is C11H13N3O. The van der Waals surface area contributed by atoms with Gasteiger partial charge in [-0.3, -0.25) is 4.99 Å². The number of nitrogens with two attached hydrogens (primary N) is 1. The van der Waals surface area contributed by atoms with E-state index in [2.05, 4.69) is 16.9 Å². The Labute approximate surface area is 88.5 Å². The summed E-state index contributed by atoms with van der Waals surface area (Å²) in [5, 5.41) is 3.17. The van der Waals surface area contributed by atoms with Gasteiger partial charge in [-0.2, -0.15) is 0 Å². The largest absolute Gasteiger partial charge is 0.484 e. The molecule has 0 aliphatic carbocycles. The fraction of sp³-hybridized carbons (Fsp3) is 0.182. The molecule has 0 atom stereocenters. The molecule has 15 heavy (non-hydrogen) atoms. The molecule has 78 valence electrons. The minimum absolute atomic E-state index is 0.463. The van der Waals surface area contributed by atoms with E-state index in [1.165, 1.54) is 0 Å². The molecule has 1 aromatic carbocycles. The van der Waals surface area contributed by atoms with E-state index in [1.807, 2.05) is 18.2 Å². The molecule has 4 heteroatoms. The summed E-state index contributed by atoms with van der Waals surface area (Å²) in [6.45, 7) is 4.66. The van der Waals surface area contributed by atoms with E-state index in [1.54, 1.807) is 6.08 Å². The highest BCUT2D eigenvalue weighted by Crippen LogP contribution is 2.29. The van der Waals surface area contributed by atoms with Crippen molar-refractivity contribution in [2.75, 3.05) is 24.2 Å². The molecule has 1 aliphatic rings. The normalized spacial score (nSPS) is 16.4. The van der Waals surface area contributed by atoms with Crippen LogP contribution in [-0.2, 0) is 0 Å². The number of nitrogen functional groups attached to an aromatic ring is 1. The highest BCUT2D eigenvalue weighted by atomic mass is 16.5. The monoisotopic (exact) mass is 203 g/mol. The Morgan fingerprint density at radius 1 is 1.60 bits per heavy atom. The molecule has 2 rings (SSSR count). The van der Waals surface area contributed by atoms with Gasteiger partial charge in [-0.05, 0) is 18.2 Å². The van der Waals surface area contributed by atoms with Crippen LogP contribution in [0.5, 0.6) is 5.75 Å². The lowest BCUT2D eigenvalue weighted by Crippen LogP contribution is -2.26. The van der Waals surface area contributed by atoms with Gasteiger partial charge >= 0.3 is 0 Å². The van der Waals surface area contributed by atoms with E-state index in [-0.39, 0.29) is 0 Å². The molecule has 1 heterocycles. The lowest BCUT2D eigenvalue weighted by molar-refractivity contribution is 0.372. The number of fused-ring (bicyclic) bond motifs is 1. The summed E-state index contributed by atoms with van der Waals surface area (Å²) in [7, 11) is 0. The maximum absolute atomic E-state index is 5.68. The molecule has 0 unspecified atom stereocenters. The van der Waals surface area contributed by atoms with E-state index >= 15 is 0 Å². The fourth-order valence-corrected chi connectivity index (χ4v) is 1.37. The Bertz CT molecular complexity index is 412. The summed E-state index contributed by atoms with van der Waals surface area (Å²) < 4.78 is 5.50. The molecule has 0 saturated heterocycles. The van der Waals surface area contributed by atoms with Gasteiger partial charge in [0.25, 0.3) is 0 Å². The van der Waals surface area contributed by atoms with Crippen molar-refractivity contribution in [1.29, 1.82) is 0 Å². The third kappa shape index (κ3) is 2.10. The summed E-state index contributed by atoms with van der Waals surface area (Å²) in [6.07, 6.45) is 1.74. The second-order valence-electron chi connectivity index (χ2n) is 3.25. The van der Waals surface area contributed by atoms with E-state index in [4.69, 9.17) is 10.5 Å². The summed E-state index contributed by atoms with van der Waals surface area (Å²) in [4.78, 5) is 4.25. The third-order valence-electron chi connectivity index (χ3n) is 2.06. The molecule has 3 N–H and O–H groups in total. The average Bonchev–Trinajstić information content (AvgIpc) is 2.25. The zero-order chi connectivity index (χ0) is 10.7. The SMILES string of the molecule is C=CCN=C1COc2ccc(N)cc2N1. The van der Waals surface area contributed by atoms with Crippen LogP contribution >= 0.6 is 0 Å². The van der Waals surface area contributed by atoms with Crippen molar-refractivity contribution >= 4 is 17.2 Å². The summed E-state index contributed by atoms with van der Waals surface area (Å²) in [5.41, 5.74) is 7.24. The number of benzene rings is 1. The Morgan fingerprint density at radius 2 is 2.47 bits per heavy atom. The van der Waals surface area contributed by atoms with Crippen molar-refractivity contribution in [1.82, 2.24) is 0 Å². The van der Waals surface area contributed by atoms with Crippen molar-refractivity contribution in [2.45, 2.75) is 0 Å². The second kappa shape index (κ2) is 4.04. The quantitative estimate of drug-likeness (QED) is 0.567. The van der Waals surface area contributed by atoms with Gasteiger partial charge in [-0.1, -0.05) is 6.08 Å². The number of nitrogens with zero attached hydrogens (tertiary/aromatic N) is 1. The second-order valence-corrected chi connectivity index (χ2v) is 3.25. The molecule has 0 spiro atoms. The van der Waals surface area contributed by atoms with Crippen molar-refractivity contribution in [3.8, 4) is 5.75 Å². The third-order valence-corrected chi connectivity index (χ3v) is 2.06. The molecule has 4 nitrogen and oxygen atoms in total. The van der Waals surface area contributed by atoms with E-state index in [0.717, 1.165) is 17.3 Å². The van der Waals surface area contributed by atoms with Crippen molar-refractivity contribution in [3.05, 3.63) is 30.9 Å². The molecule has 0 fully saturated rings. The first kappa shape index (κ1) is 9.58. The number of amidine groups is 1. The predicted octanol–water partition coefficient (Wildman–Crippen LogP) is 1.66. The van der Waals surface area contributed by atoms with Gasteiger partial charge in [0, 0.05) is 5.69 Å². The van der Waals surface area contributed by atoms with Crippen LogP contribution in [0.15, 0.2) is 35.8 Å². The van der Waals surface area contributed by atoms with Crippen LogP contribution in [0.2, 0.25) is 0 Å². The first-order valence-electron chi connectivity index (χ1n) is 4.73. The smallest absolute Gasteiger partial charge is 0.146 e. The maximum Gasteiger partial charge on any atom is 0.146 e. The number of rotatable bonds is 2. The minimum atomic E-state index is 0.463. The fourth-order valence-electron chi connectivity index (χ4n) is 1.37. The van der Waals surface area contributed by atoms with E-state index in [9.17, 15) is 0 Å². The van der Waals surface area contributed by atoms with Gasteiger partial charge in [-0.25, -0.2) is 0 Å². The standard InChI is InChI=1S/C11H13N3O/c1-2-5-13-11-7-15-10-4-3-8(12)6-9(10)14-11/h2-4,6H,1,5,7,12H2,(H,13,14). The maximum atomic E-state index is 5.68. The number of nitrogens with one attached hydrogen (secondary N) is 1. The first-order valence-corrected chi connectivity index (χ1v) is 4.73. The van der Waals surface area contributed by atoms with Crippen molar-refractivity contribution in [3.63, 3.8) is 0 Å². The predicted molar refractivity (Wildman–Crippen MR) is 62.5 cm³/mol. The van der Waals surface area contributed by atoms with Crippen LogP contribution in [0.4, 0.5) is 11.4 Å². The highest BCUT2D eigenvalue weighted by Gasteiger charge is 2.13. The Balaban J connectivity index is 2.21. The lowest BCUT2D eigenvalue weighted by atomic mass is 10.2. The molecule has 1 aliphatic heterocycles. The van der Waals surface area contributed by atoms with Crippen LogP contribution in [0.25, 0.3) is 0 Å². The van der Waals surface area contributed by atoms with Crippen molar-refractivity contribution in [2.24, 2.45) is 4.99 Å². The molecule has 0 amide bonds. The lowest BCUT2D eigenvalue weighted by Gasteiger charge is -2.20. The Kier molecular flexibility index (Phi) is 2.58. The molecule has 0 bridgehead atoms. The number of hydrogen-bond donors (Lipinski definition) is 2. The molecule has 1 aromatic rings. The van der Waals surface area contributed by atoms with Gasteiger partial charge in [-0.15, -0.1) is 6.58 Å². The minimum Gasteiger partial charge on any atom is -0.484 e. The zero-order valence-corrected chi connectivity index (χ0v) is 8.36. The van der Waals surface area contributed by atoms with Crippen LogP contribution in [0.1, 0.15) is 0 Å². The number of hydrogen-bond acceptors (Lipinski definition) is 3. The van der Waals surface area contributed by atoms with Crippen LogP contribution in [0, 0.1) is 0 Å². The van der Waals surface area contributed by atoms with Gasteiger partial charge in [0.2, 0.25) is 0 Å². The molecule has 0 aromatic heterocycles. The van der Waals surface area contributed by atoms with Crippen LogP contribution in [-0.4, -0.2) is 19.0 Å². The van der Waals surface area contributed by atoms with Crippen LogP contribution in [0.3, 0.4) is 0 Å². The Morgan fingerprint density at radius 3 is 3.27 bits per heavy atom.